The van der Waals surface area contributed by atoms with Gasteiger partial charge in [0.1, 0.15) is 11.6 Å². The Morgan fingerprint density at radius 1 is 1.19 bits per heavy atom. The minimum Gasteiger partial charge on any atom is -0.484 e. The van der Waals surface area contributed by atoms with Gasteiger partial charge in [-0.15, -0.1) is 0 Å². The van der Waals surface area contributed by atoms with Crippen molar-refractivity contribution in [1.82, 2.24) is 10.3 Å². The number of hydrogen-bond donors (Lipinski definition) is 2. The lowest BCUT2D eigenvalue weighted by Crippen LogP contribution is -2.30. The number of aryl methyl sites for hydroxylation is 2. The Hall–Kier alpha value is -2.53. The third-order valence-electron chi connectivity index (χ3n) is 4.31. The minimum absolute atomic E-state index is 0.0673. The molecule has 0 spiro atoms. The van der Waals surface area contributed by atoms with Gasteiger partial charge in [-0.1, -0.05) is 17.7 Å². The topological polar surface area (TPSA) is 54.1 Å². The third kappa shape index (κ3) is 3.99. The molecule has 0 aliphatic heterocycles. The van der Waals surface area contributed by atoms with E-state index in [2.05, 4.69) is 10.3 Å². The second kappa shape index (κ2) is 7.79. The Labute approximate surface area is 156 Å². The van der Waals surface area contributed by atoms with Gasteiger partial charge >= 0.3 is 0 Å². The molecule has 6 heteroatoms. The van der Waals surface area contributed by atoms with E-state index in [1.54, 1.807) is 30.3 Å². The summed E-state index contributed by atoms with van der Waals surface area (Å²) in [6.07, 6.45) is 0.614. The maximum Gasteiger partial charge on any atom is 0.257 e. The van der Waals surface area contributed by atoms with Crippen LogP contribution in [0.5, 0.6) is 5.75 Å². The number of halogens is 2. The molecule has 2 N–H and O–H groups in total. The van der Waals surface area contributed by atoms with Crippen molar-refractivity contribution in [2.24, 2.45) is 0 Å². The van der Waals surface area contributed by atoms with Crippen LogP contribution in [-0.4, -0.2) is 24.0 Å². The summed E-state index contributed by atoms with van der Waals surface area (Å²) in [6.45, 7) is 4.26. The Balaban J connectivity index is 1.57. The Morgan fingerprint density at radius 2 is 1.92 bits per heavy atom. The smallest absolute Gasteiger partial charge is 0.257 e. The molecule has 0 aliphatic rings. The maximum atomic E-state index is 14.0. The van der Waals surface area contributed by atoms with Crippen LogP contribution >= 0.6 is 11.6 Å². The Bertz CT molecular complexity index is 935. The van der Waals surface area contributed by atoms with Crippen LogP contribution in [0.1, 0.15) is 16.8 Å². The normalized spacial score (nSPS) is 10.9. The first kappa shape index (κ1) is 18.3. The maximum absolute atomic E-state index is 14.0. The molecule has 0 atom stereocenters. The summed E-state index contributed by atoms with van der Waals surface area (Å²) in [4.78, 5) is 15.1. The first-order chi connectivity index (χ1) is 12.5. The van der Waals surface area contributed by atoms with Crippen molar-refractivity contribution in [2.75, 3.05) is 13.2 Å². The molecule has 0 aliphatic carbocycles. The fourth-order valence-corrected chi connectivity index (χ4v) is 3.14. The summed E-state index contributed by atoms with van der Waals surface area (Å²) in [5.41, 5.74) is 3.48. The molecule has 0 saturated carbocycles. The van der Waals surface area contributed by atoms with Gasteiger partial charge in [0.25, 0.3) is 5.91 Å². The van der Waals surface area contributed by atoms with Gasteiger partial charge < -0.3 is 15.0 Å². The molecule has 0 fully saturated rings. The molecule has 3 rings (SSSR count). The average Bonchev–Trinajstić information content (AvgIpc) is 2.96. The highest BCUT2D eigenvalue weighted by molar-refractivity contribution is 6.30. The lowest BCUT2D eigenvalue weighted by atomic mass is 10.0. The number of hydrogen-bond acceptors (Lipinski definition) is 2. The Kier molecular flexibility index (Phi) is 5.47. The third-order valence-corrected chi connectivity index (χ3v) is 4.56. The van der Waals surface area contributed by atoms with Crippen LogP contribution in [0, 0.1) is 19.7 Å². The number of aromatic nitrogens is 1. The number of nitrogens with one attached hydrogen (secondary N) is 2. The van der Waals surface area contributed by atoms with Crippen molar-refractivity contribution in [3.05, 3.63) is 64.1 Å². The van der Waals surface area contributed by atoms with Crippen LogP contribution in [0.4, 0.5) is 4.39 Å². The van der Waals surface area contributed by atoms with Crippen LogP contribution in [-0.2, 0) is 11.2 Å². The summed E-state index contributed by atoms with van der Waals surface area (Å²) in [5.74, 6) is 0.115. The number of carbonyl (C=O) groups is 1. The molecule has 3 aromatic rings. The number of ether oxygens (including phenoxy) is 1. The standard InChI is InChI=1S/C20H20ClFN2O2/c1-12-3-8-17(22)20-19(12)16(13(2)24-20)9-10-23-18(25)11-26-15-6-4-14(21)5-7-15/h3-8,24H,9-11H2,1-2H3,(H,23,25). The zero-order chi connectivity index (χ0) is 18.7. The molecule has 1 heterocycles. The fourth-order valence-electron chi connectivity index (χ4n) is 3.01. The van der Waals surface area contributed by atoms with Gasteiger partial charge in [-0.3, -0.25) is 4.79 Å². The van der Waals surface area contributed by atoms with E-state index < -0.39 is 0 Å². The number of carbonyl (C=O) groups excluding carboxylic acids is 1. The zero-order valence-corrected chi connectivity index (χ0v) is 15.4. The van der Waals surface area contributed by atoms with Gasteiger partial charge in [0.2, 0.25) is 0 Å². The first-order valence-electron chi connectivity index (χ1n) is 8.37. The van der Waals surface area contributed by atoms with Crippen molar-refractivity contribution in [3.63, 3.8) is 0 Å². The predicted octanol–water partition coefficient (Wildman–Crippen LogP) is 4.31. The van der Waals surface area contributed by atoms with Gasteiger partial charge in [-0.2, -0.15) is 0 Å². The highest BCUT2D eigenvalue weighted by Gasteiger charge is 2.14. The van der Waals surface area contributed by atoms with Gasteiger partial charge in [0.15, 0.2) is 6.61 Å². The van der Waals surface area contributed by atoms with E-state index in [9.17, 15) is 9.18 Å². The number of aromatic amines is 1. The Morgan fingerprint density at radius 3 is 2.65 bits per heavy atom. The minimum atomic E-state index is -0.264. The van der Waals surface area contributed by atoms with Crippen LogP contribution < -0.4 is 10.1 Å². The van der Waals surface area contributed by atoms with E-state index in [0.29, 0.717) is 29.3 Å². The zero-order valence-electron chi connectivity index (χ0n) is 14.7. The SMILES string of the molecule is Cc1[nH]c2c(F)ccc(C)c2c1CCNC(=O)COc1ccc(Cl)cc1. The molecule has 1 aromatic heterocycles. The summed E-state index contributed by atoms with van der Waals surface area (Å²) >= 11 is 5.81. The first-order valence-corrected chi connectivity index (χ1v) is 8.75. The fraction of sp³-hybridized carbons (Fsp3) is 0.250. The molecular formula is C20H20ClFN2O2. The predicted molar refractivity (Wildman–Crippen MR) is 101 cm³/mol. The van der Waals surface area contributed by atoms with Crippen LogP contribution in [0.15, 0.2) is 36.4 Å². The molecule has 1 amide bonds. The second-order valence-corrected chi connectivity index (χ2v) is 6.62. The van der Waals surface area contributed by atoms with Crippen LogP contribution in [0.25, 0.3) is 10.9 Å². The van der Waals surface area contributed by atoms with E-state index in [4.69, 9.17) is 16.3 Å². The number of rotatable bonds is 6. The van der Waals surface area contributed by atoms with E-state index >= 15 is 0 Å². The van der Waals surface area contributed by atoms with Crippen molar-refractivity contribution < 1.29 is 13.9 Å². The van der Waals surface area contributed by atoms with Crippen LogP contribution in [0.2, 0.25) is 5.02 Å². The molecule has 0 radical (unpaired) electrons. The molecular weight excluding hydrogens is 355 g/mol. The molecule has 0 unspecified atom stereocenters. The van der Waals surface area contributed by atoms with Crippen molar-refractivity contribution in [2.45, 2.75) is 20.3 Å². The van der Waals surface area contributed by atoms with Gasteiger partial charge in [0.05, 0.1) is 5.52 Å². The van der Waals surface area contributed by atoms with E-state index in [-0.39, 0.29) is 18.3 Å². The lowest BCUT2D eigenvalue weighted by molar-refractivity contribution is -0.123. The highest BCUT2D eigenvalue weighted by atomic mass is 35.5. The molecule has 0 saturated heterocycles. The highest BCUT2D eigenvalue weighted by Crippen LogP contribution is 2.27. The summed E-state index contributed by atoms with van der Waals surface area (Å²) < 4.78 is 19.4. The molecule has 4 nitrogen and oxygen atoms in total. The molecule has 136 valence electrons. The number of benzene rings is 2. The quantitative estimate of drug-likeness (QED) is 0.675. The van der Waals surface area contributed by atoms with Crippen molar-refractivity contribution in [1.29, 1.82) is 0 Å². The summed E-state index contributed by atoms with van der Waals surface area (Å²) in [7, 11) is 0. The van der Waals surface area contributed by atoms with E-state index in [1.807, 2.05) is 13.8 Å². The lowest BCUT2D eigenvalue weighted by Gasteiger charge is -2.08. The molecule has 26 heavy (non-hydrogen) atoms. The monoisotopic (exact) mass is 374 g/mol. The average molecular weight is 375 g/mol. The number of fused-ring (bicyclic) bond motifs is 1. The van der Waals surface area contributed by atoms with Crippen LogP contribution in [0.3, 0.4) is 0 Å². The van der Waals surface area contributed by atoms with E-state index in [0.717, 1.165) is 22.2 Å². The molecule has 2 aromatic carbocycles. The summed E-state index contributed by atoms with van der Waals surface area (Å²) in [6, 6.07) is 10.1. The molecule has 0 bridgehead atoms. The van der Waals surface area contributed by atoms with Crippen molar-refractivity contribution in [3.8, 4) is 5.75 Å². The second-order valence-electron chi connectivity index (χ2n) is 6.19. The summed E-state index contributed by atoms with van der Waals surface area (Å²) in [5, 5.41) is 4.34. The van der Waals surface area contributed by atoms with Gasteiger partial charge in [0, 0.05) is 22.6 Å². The van der Waals surface area contributed by atoms with E-state index in [1.165, 1.54) is 6.07 Å². The van der Waals surface area contributed by atoms with Gasteiger partial charge in [-0.25, -0.2) is 4.39 Å². The largest absolute Gasteiger partial charge is 0.484 e. The number of amides is 1. The van der Waals surface area contributed by atoms with Crippen molar-refractivity contribution >= 4 is 28.4 Å². The number of H-pyrrole nitrogens is 1. The van der Waals surface area contributed by atoms with Gasteiger partial charge in [-0.05, 0) is 61.7 Å².